The first kappa shape index (κ1) is 17.4. The maximum Gasteiger partial charge on any atom is 0.337 e. The Hall–Kier alpha value is -3.41. The number of methoxy groups -OCH3 is 1. The van der Waals surface area contributed by atoms with Crippen LogP contribution in [0, 0.1) is 0 Å². The molecule has 0 saturated carbocycles. The molecule has 0 atom stereocenters. The number of nitrogens with zero attached hydrogens (tertiary/aromatic N) is 1. The van der Waals surface area contributed by atoms with Gasteiger partial charge in [0.05, 0.1) is 24.8 Å². The lowest BCUT2D eigenvalue weighted by atomic mass is 10.1. The van der Waals surface area contributed by atoms with Gasteiger partial charge in [-0.25, -0.2) is 9.78 Å². The standard InChI is InChI=1S/C20H18N2O4/c1-25-20(24)16-9-7-14(8-10-16)12-21-18(23)11-17-13-26-19(22-17)15-5-3-2-4-6-15/h2-10,13H,11-12H2,1H3,(H,21,23). The number of amides is 1. The highest BCUT2D eigenvalue weighted by molar-refractivity contribution is 5.89. The molecule has 0 aliphatic carbocycles. The van der Waals surface area contributed by atoms with E-state index in [1.807, 2.05) is 30.3 Å². The summed E-state index contributed by atoms with van der Waals surface area (Å²) in [4.78, 5) is 27.8. The quantitative estimate of drug-likeness (QED) is 0.691. The van der Waals surface area contributed by atoms with Gasteiger partial charge in [-0.05, 0) is 29.8 Å². The number of benzene rings is 2. The van der Waals surface area contributed by atoms with Crippen LogP contribution in [0.15, 0.2) is 65.3 Å². The van der Waals surface area contributed by atoms with Crippen molar-refractivity contribution in [1.29, 1.82) is 0 Å². The second-order valence-electron chi connectivity index (χ2n) is 5.65. The van der Waals surface area contributed by atoms with E-state index in [0.717, 1.165) is 11.1 Å². The van der Waals surface area contributed by atoms with Gasteiger partial charge in [0.15, 0.2) is 0 Å². The van der Waals surface area contributed by atoms with Gasteiger partial charge in [-0.15, -0.1) is 0 Å². The second kappa shape index (κ2) is 8.11. The van der Waals surface area contributed by atoms with Crippen molar-refractivity contribution in [3.63, 3.8) is 0 Å². The first-order valence-corrected chi connectivity index (χ1v) is 8.09. The molecule has 0 saturated heterocycles. The first-order valence-electron chi connectivity index (χ1n) is 8.09. The maximum absolute atomic E-state index is 12.1. The van der Waals surface area contributed by atoms with Crippen molar-refractivity contribution in [3.05, 3.63) is 77.7 Å². The van der Waals surface area contributed by atoms with Crippen molar-refractivity contribution >= 4 is 11.9 Å². The molecule has 0 aliphatic rings. The van der Waals surface area contributed by atoms with Crippen molar-refractivity contribution in [2.24, 2.45) is 0 Å². The normalized spacial score (nSPS) is 10.3. The number of rotatable bonds is 6. The van der Waals surface area contributed by atoms with Gasteiger partial charge in [0, 0.05) is 12.1 Å². The largest absolute Gasteiger partial charge is 0.465 e. The fourth-order valence-corrected chi connectivity index (χ4v) is 2.41. The van der Waals surface area contributed by atoms with E-state index in [0.29, 0.717) is 23.7 Å². The van der Waals surface area contributed by atoms with E-state index in [4.69, 9.17) is 4.42 Å². The molecule has 0 aliphatic heterocycles. The van der Waals surface area contributed by atoms with Crippen LogP contribution in [0.5, 0.6) is 0 Å². The van der Waals surface area contributed by atoms with Crippen LogP contribution in [0.2, 0.25) is 0 Å². The molecule has 6 heteroatoms. The van der Waals surface area contributed by atoms with Crippen LogP contribution >= 0.6 is 0 Å². The summed E-state index contributed by atoms with van der Waals surface area (Å²) < 4.78 is 10.1. The van der Waals surface area contributed by atoms with Crippen molar-refractivity contribution in [2.75, 3.05) is 7.11 Å². The summed E-state index contributed by atoms with van der Waals surface area (Å²) >= 11 is 0. The van der Waals surface area contributed by atoms with Crippen LogP contribution in [0.25, 0.3) is 11.5 Å². The van der Waals surface area contributed by atoms with Gasteiger partial charge in [0.1, 0.15) is 6.26 Å². The zero-order valence-corrected chi connectivity index (χ0v) is 14.3. The van der Waals surface area contributed by atoms with Gasteiger partial charge in [0.25, 0.3) is 0 Å². The number of hydrogen-bond acceptors (Lipinski definition) is 5. The third-order valence-electron chi connectivity index (χ3n) is 3.78. The van der Waals surface area contributed by atoms with E-state index < -0.39 is 0 Å². The Morgan fingerprint density at radius 2 is 1.81 bits per heavy atom. The Balaban J connectivity index is 1.53. The van der Waals surface area contributed by atoms with Crippen molar-refractivity contribution in [3.8, 4) is 11.5 Å². The Morgan fingerprint density at radius 1 is 1.08 bits per heavy atom. The molecule has 132 valence electrons. The van der Waals surface area contributed by atoms with Crippen molar-refractivity contribution in [1.82, 2.24) is 10.3 Å². The molecule has 1 aromatic heterocycles. The van der Waals surface area contributed by atoms with Gasteiger partial charge < -0.3 is 14.5 Å². The summed E-state index contributed by atoms with van der Waals surface area (Å²) in [6.07, 6.45) is 1.63. The van der Waals surface area contributed by atoms with E-state index in [9.17, 15) is 9.59 Å². The molecule has 3 rings (SSSR count). The molecule has 0 spiro atoms. The average Bonchev–Trinajstić information content (AvgIpc) is 3.15. The third-order valence-corrected chi connectivity index (χ3v) is 3.78. The molecule has 1 N–H and O–H groups in total. The molecule has 6 nitrogen and oxygen atoms in total. The summed E-state index contributed by atoms with van der Waals surface area (Å²) in [7, 11) is 1.34. The smallest absolute Gasteiger partial charge is 0.337 e. The highest BCUT2D eigenvalue weighted by Crippen LogP contribution is 2.18. The monoisotopic (exact) mass is 350 g/mol. The number of carbonyl (C=O) groups is 2. The minimum absolute atomic E-state index is 0.135. The molecule has 0 unspecified atom stereocenters. The molecule has 0 bridgehead atoms. The van der Waals surface area contributed by atoms with E-state index in [1.54, 1.807) is 24.3 Å². The fourth-order valence-electron chi connectivity index (χ4n) is 2.41. The maximum atomic E-state index is 12.1. The Kier molecular flexibility index (Phi) is 5.43. The lowest BCUT2D eigenvalue weighted by Crippen LogP contribution is -2.24. The van der Waals surface area contributed by atoms with Crippen LogP contribution in [0.3, 0.4) is 0 Å². The number of oxazole rings is 1. The van der Waals surface area contributed by atoms with Crippen LogP contribution < -0.4 is 5.32 Å². The number of hydrogen-bond donors (Lipinski definition) is 1. The number of nitrogens with one attached hydrogen (secondary N) is 1. The predicted octanol–water partition coefficient (Wildman–Crippen LogP) is 2.99. The van der Waals surface area contributed by atoms with E-state index >= 15 is 0 Å². The minimum Gasteiger partial charge on any atom is -0.465 e. The van der Waals surface area contributed by atoms with Crippen LogP contribution in [-0.2, 0) is 22.5 Å². The predicted molar refractivity (Wildman–Crippen MR) is 95.3 cm³/mol. The van der Waals surface area contributed by atoms with Crippen LogP contribution in [0.4, 0.5) is 0 Å². The summed E-state index contributed by atoms with van der Waals surface area (Å²) in [5, 5.41) is 2.82. The van der Waals surface area contributed by atoms with Crippen LogP contribution in [0.1, 0.15) is 21.6 Å². The van der Waals surface area contributed by atoms with Crippen molar-refractivity contribution in [2.45, 2.75) is 13.0 Å². The van der Waals surface area contributed by atoms with E-state index in [2.05, 4.69) is 15.0 Å². The SMILES string of the molecule is COC(=O)c1ccc(CNC(=O)Cc2coc(-c3ccccc3)n2)cc1. The second-order valence-corrected chi connectivity index (χ2v) is 5.65. The zero-order chi connectivity index (χ0) is 18.4. The topological polar surface area (TPSA) is 81.4 Å². The lowest BCUT2D eigenvalue weighted by molar-refractivity contribution is -0.120. The molecule has 0 fully saturated rings. The van der Waals surface area contributed by atoms with Gasteiger partial charge >= 0.3 is 5.97 Å². The zero-order valence-electron chi connectivity index (χ0n) is 14.3. The highest BCUT2D eigenvalue weighted by atomic mass is 16.5. The van der Waals surface area contributed by atoms with Gasteiger partial charge in [0.2, 0.25) is 11.8 Å². The number of ether oxygens (including phenoxy) is 1. The minimum atomic E-state index is -0.388. The highest BCUT2D eigenvalue weighted by Gasteiger charge is 2.10. The molecule has 3 aromatic rings. The van der Waals surface area contributed by atoms with E-state index in [1.165, 1.54) is 13.4 Å². The molecule has 2 aromatic carbocycles. The number of esters is 1. The van der Waals surface area contributed by atoms with Gasteiger partial charge in [-0.3, -0.25) is 4.79 Å². The molecule has 1 amide bonds. The summed E-state index contributed by atoms with van der Waals surface area (Å²) in [5.41, 5.74) is 2.79. The average molecular weight is 350 g/mol. The van der Waals surface area contributed by atoms with Crippen LogP contribution in [-0.4, -0.2) is 24.0 Å². The third kappa shape index (κ3) is 4.36. The molecular weight excluding hydrogens is 332 g/mol. The number of carbonyl (C=O) groups excluding carboxylic acids is 2. The van der Waals surface area contributed by atoms with Gasteiger partial charge in [-0.1, -0.05) is 30.3 Å². The Labute approximate surface area is 150 Å². The summed E-state index contributed by atoms with van der Waals surface area (Å²) in [6.45, 7) is 0.365. The summed E-state index contributed by atoms with van der Waals surface area (Å²) in [5.74, 6) is -0.0532. The van der Waals surface area contributed by atoms with E-state index in [-0.39, 0.29) is 18.3 Å². The Morgan fingerprint density at radius 3 is 2.50 bits per heavy atom. The Bertz CT molecular complexity index is 886. The van der Waals surface area contributed by atoms with Gasteiger partial charge in [-0.2, -0.15) is 0 Å². The first-order chi connectivity index (χ1) is 12.7. The molecule has 26 heavy (non-hydrogen) atoms. The van der Waals surface area contributed by atoms with Crippen molar-refractivity contribution < 1.29 is 18.7 Å². The lowest BCUT2D eigenvalue weighted by Gasteiger charge is -2.05. The fraction of sp³-hybridized carbons (Fsp3) is 0.150. The number of aromatic nitrogens is 1. The summed E-state index contributed by atoms with van der Waals surface area (Å²) in [6, 6.07) is 16.4. The molecule has 0 radical (unpaired) electrons. The molecular formula is C20H18N2O4. The molecule has 1 heterocycles.